The summed E-state index contributed by atoms with van der Waals surface area (Å²) in [6, 6.07) is -0.860. The predicted octanol–water partition coefficient (Wildman–Crippen LogP) is 0.0646. The van der Waals surface area contributed by atoms with Crippen LogP contribution in [0.5, 0.6) is 0 Å². The Bertz CT molecular complexity index is 946. The van der Waals surface area contributed by atoms with Crippen molar-refractivity contribution in [1.29, 1.82) is 10.8 Å². The van der Waals surface area contributed by atoms with Crippen LogP contribution in [0.25, 0.3) is 0 Å². The topological polar surface area (TPSA) is 152 Å². The molecule has 0 saturated carbocycles. The summed E-state index contributed by atoms with van der Waals surface area (Å²) in [7, 11) is 0. The maximum atomic E-state index is 13.3. The molecule has 0 bridgehead atoms. The molecule has 12 heteroatoms. The van der Waals surface area contributed by atoms with Crippen LogP contribution in [0, 0.1) is 22.7 Å². The van der Waals surface area contributed by atoms with Gasteiger partial charge in [0.25, 0.3) is 0 Å². The number of carbonyl (C=O) groups is 3. The summed E-state index contributed by atoms with van der Waals surface area (Å²) >= 11 is 1.39. The van der Waals surface area contributed by atoms with Crippen molar-refractivity contribution in [3.05, 3.63) is 10.6 Å². The normalized spacial score (nSPS) is 32.0. The highest BCUT2D eigenvalue weighted by molar-refractivity contribution is 8.03. The molecule has 2 amide bonds. The average molecular weight is 493 g/mol. The van der Waals surface area contributed by atoms with Gasteiger partial charge in [-0.25, -0.2) is 4.79 Å². The number of nitrogens with one attached hydrogen (secondary N) is 2. The molecule has 186 valence electrons. The van der Waals surface area contributed by atoms with Gasteiger partial charge in [-0.05, 0) is 20.3 Å². The fourth-order valence-electron chi connectivity index (χ4n) is 5.63. The van der Waals surface area contributed by atoms with Crippen molar-refractivity contribution in [2.24, 2.45) is 11.8 Å². The van der Waals surface area contributed by atoms with Gasteiger partial charge in [0, 0.05) is 48.8 Å². The summed E-state index contributed by atoms with van der Waals surface area (Å²) < 4.78 is 0. The Morgan fingerprint density at radius 2 is 1.88 bits per heavy atom. The molecule has 6 atom stereocenters. The standard InChI is InChI=1S/C22H32N6O5S/c1-11-17-16(12(2)29)21(31)28(17)18(22(32)33)19(11)34-14-8-15(27(9-14)13(3)24)20(30)26-6-4-25(10-23)5-7-26/h10-12,14-17,23-24,29H,4-9H2,1-3H3,(H,32,33)/t11-,12-,14+,15+,16-,17-/m1/s1. The lowest BCUT2D eigenvalue weighted by molar-refractivity contribution is -0.163. The Kier molecular flexibility index (Phi) is 6.65. The molecule has 4 rings (SSSR count). The van der Waals surface area contributed by atoms with Crippen molar-refractivity contribution < 1.29 is 24.6 Å². The summed E-state index contributed by atoms with van der Waals surface area (Å²) in [5, 5.41) is 35.4. The highest BCUT2D eigenvalue weighted by Crippen LogP contribution is 2.52. The lowest BCUT2D eigenvalue weighted by atomic mass is 9.79. The van der Waals surface area contributed by atoms with Crippen molar-refractivity contribution in [3.8, 4) is 0 Å². The predicted molar refractivity (Wildman–Crippen MR) is 126 cm³/mol. The lowest BCUT2D eigenvalue weighted by Crippen LogP contribution is -2.63. The number of likely N-dealkylation sites (tertiary alicyclic amines) is 1. The molecule has 34 heavy (non-hydrogen) atoms. The van der Waals surface area contributed by atoms with Gasteiger partial charge in [0.1, 0.15) is 11.7 Å². The Hall–Kier alpha value is -2.60. The number of carboxylic acids is 1. The zero-order valence-corrected chi connectivity index (χ0v) is 20.4. The molecular formula is C22H32N6O5S. The van der Waals surface area contributed by atoms with E-state index in [-0.39, 0.29) is 34.7 Å². The number of rotatable bonds is 6. The number of aliphatic hydroxyl groups is 1. The highest BCUT2D eigenvalue weighted by Gasteiger charge is 2.60. The van der Waals surface area contributed by atoms with E-state index in [1.165, 1.54) is 23.0 Å². The van der Waals surface area contributed by atoms with Crippen molar-refractivity contribution >= 4 is 41.7 Å². The van der Waals surface area contributed by atoms with Gasteiger partial charge in [-0.3, -0.25) is 20.4 Å². The van der Waals surface area contributed by atoms with Crippen molar-refractivity contribution in [3.63, 3.8) is 0 Å². The summed E-state index contributed by atoms with van der Waals surface area (Å²) in [6.45, 7) is 7.79. The molecule has 4 N–H and O–H groups in total. The minimum Gasteiger partial charge on any atom is -0.477 e. The van der Waals surface area contributed by atoms with E-state index in [4.69, 9.17) is 10.8 Å². The van der Waals surface area contributed by atoms with E-state index in [2.05, 4.69) is 0 Å². The van der Waals surface area contributed by atoms with E-state index < -0.39 is 24.0 Å². The molecule has 4 aliphatic rings. The Morgan fingerprint density at radius 3 is 2.41 bits per heavy atom. The van der Waals surface area contributed by atoms with E-state index in [0.29, 0.717) is 49.9 Å². The fourth-order valence-corrected chi connectivity index (χ4v) is 7.15. The van der Waals surface area contributed by atoms with Gasteiger partial charge >= 0.3 is 5.97 Å². The first kappa shape index (κ1) is 24.5. The maximum absolute atomic E-state index is 13.3. The third-order valence-electron chi connectivity index (χ3n) is 7.39. The van der Waals surface area contributed by atoms with Crippen LogP contribution in [0.2, 0.25) is 0 Å². The molecule has 0 aliphatic carbocycles. The number of β-lactam (4-membered cyclic amide) rings is 1. The van der Waals surface area contributed by atoms with Crippen LogP contribution < -0.4 is 0 Å². The molecule has 0 spiro atoms. The highest BCUT2D eigenvalue weighted by atomic mass is 32.2. The number of hydrogen-bond donors (Lipinski definition) is 4. The number of carboxylic acid groups (broad SMARTS) is 1. The number of thioether (sulfide) groups is 1. The van der Waals surface area contributed by atoms with Crippen LogP contribution in [-0.4, -0.2) is 116 Å². The Labute approximate surface area is 202 Å². The first-order valence-corrected chi connectivity index (χ1v) is 12.4. The van der Waals surface area contributed by atoms with Crippen LogP contribution in [0.4, 0.5) is 0 Å². The molecule has 11 nitrogen and oxygen atoms in total. The van der Waals surface area contributed by atoms with Crippen LogP contribution in [0.3, 0.4) is 0 Å². The monoisotopic (exact) mass is 492 g/mol. The Morgan fingerprint density at radius 1 is 1.24 bits per heavy atom. The average Bonchev–Trinajstić information content (AvgIpc) is 3.31. The number of carbonyl (C=O) groups excluding carboxylic acids is 2. The van der Waals surface area contributed by atoms with Gasteiger partial charge < -0.3 is 29.8 Å². The van der Waals surface area contributed by atoms with Crippen LogP contribution in [0.1, 0.15) is 27.2 Å². The number of amides is 2. The largest absolute Gasteiger partial charge is 0.477 e. The lowest BCUT2D eigenvalue weighted by Gasteiger charge is -2.46. The van der Waals surface area contributed by atoms with E-state index in [1.54, 1.807) is 23.6 Å². The van der Waals surface area contributed by atoms with Gasteiger partial charge in [-0.15, -0.1) is 11.8 Å². The molecule has 3 saturated heterocycles. The number of amidine groups is 1. The van der Waals surface area contributed by atoms with Gasteiger partial charge in [0.05, 0.1) is 30.2 Å². The zero-order valence-electron chi connectivity index (χ0n) is 19.6. The zero-order chi connectivity index (χ0) is 24.9. The molecule has 0 radical (unpaired) electrons. The van der Waals surface area contributed by atoms with Crippen molar-refractivity contribution in [2.75, 3.05) is 32.7 Å². The first-order chi connectivity index (χ1) is 16.1. The van der Waals surface area contributed by atoms with Crippen molar-refractivity contribution in [1.82, 2.24) is 19.6 Å². The molecule has 4 aliphatic heterocycles. The Balaban J connectivity index is 1.51. The van der Waals surface area contributed by atoms with Crippen molar-refractivity contribution in [2.45, 2.75) is 50.6 Å². The molecule has 3 fully saturated rings. The number of fused-ring (bicyclic) bond motifs is 1. The smallest absolute Gasteiger partial charge is 0.353 e. The van der Waals surface area contributed by atoms with Crippen LogP contribution in [-0.2, 0) is 14.4 Å². The van der Waals surface area contributed by atoms with Gasteiger partial charge in [-0.2, -0.15) is 0 Å². The maximum Gasteiger partial charge on any atom is 0.353 e. The number of nitrogens with zero attached hydrogens (tertiary/aromatic N) is 4. The summed E-state index contributed by atoms with van der Waals surface area (Å²) in [4.78, 5) is 45.3. The minimum absolute atomic E-state index is 0.0138. The molecular weight excluding hydrogens is 460 g/mol. The summed E-state index contributed by atoms with van der Waals surface area (Å²) in [6.07, 6.45) is 0.907. The third kappa shape index (κ3) is 3.96. The number of aliphatic carboxylic acids is 1. The molecule has 0 aromatic heterocycles. The van der Waals surface area contributed by atoms with Gasteiger partial charge in [0.2, 0.25) is 11.8 Å². The molecule has 0 unspecified atom stereocenters. The number of aliphatic hydroxyl groups excluding tert-OH is 1. The van der Waals surface area contributed by atoms with Gasteiger partial charge in [-0.1, -0.05) is 6.92 Å². The minimum atomic E-state index is -1.16. The van der Waals surface area contributed by atoms with Gasteiger partial charge in [0.15, 0.2) is 0 Å². The second-order valence-corrected chi connectivity index (χ2v) is 10.8. The third-order valence-corrected chi connectivity index (χ3v) is 8.89. The second kappa shape index (κ2) is 9.21. The number of piperazine rings is 1. The second-order valence-electron chi connectivity index (χ2n) is 9.49. The van der Waals surface area contributed by atoms with E-state index in [9.17, 15) is 24.6 Å². The van der Waals surface area contributed by atoms with E-state index in [1.807, 2.05) is 11.8 Å². The molecule has 4 heterocycles. The van der Waals surface area contributed by atoms with E-state index in [0.717, 1.165) is 0 Å². The summed E-state index contributed by atoms with van der Waals surface area (Å²) in [5.41, 5.74) is -0.0138. The number of hydrogen-bond acceptors (Lipinski definition) is 7. The molecule has 0 aromatic rings. The molecule has 0 aromatic carbocycles. The van der Waals surface area contributed by atoms with Crippen LogP contribution >= 0.6 is 11.8 Å². The summed E-state index contributed by atoms with van der Waals surface area (Å²) in [5.74, 6) is -2.12. The fraction of sp³-hybridized carbons (Fsp3) is 0.682. The van der Waals surface area contributed by atoms with E-state index >= 15 is 0 Å². The SMILES string of the molecule is CC(=N)N1C[C@@H](SC2=C(C(=O)O)N3C(=O)[C@H]([C@@H](C)O)[C@H]3[C@H]2C)C[C@H]1C(=O)N1CCN(C=N)CC1. The quantitative estimate of drug-likeness (QED) is 0.231. The first-order valence-electron chi connectivity index (χ1n) is 11.6. The van der Waals surface area contributed by atoms with Crippen LogP contribution in [0.15, 0.2) is 10.6 Å².